The molecule has 5 nitrogen and oxygen atoms in total. The molecule has 3 N–H and O–H groups in total. The zero-order valence-electron chi connectivity index (χ0n) is 16.0. The molecule has 0 radical (unpaired) electrons. The van der Waals surface area contributed by atoms with Crippen LogP contribution in [0.5, 0.6) is 5.75 Å². The Kier molecular flexibility index (Phi) is 7.59. The zero-order chi connectivity index (χ0) is 19.8. The molecule has 1 atom stereocenters. The summed E-state index contributed by atoms with van der Waals surface area (Å²) in [6.45, 7) is 4.76. The highest BCUT2D eigenvalue weighted by molar-refractivity contribution is 7.80. The molecule has 1 aliphatic rings. The van der Waals surface area contributed by atoms with Crippen LogP contribution in [-0.2, 0) is 11.3 Å². The van der Waals surface area contributed by atoms with Gasteiger partial charge in [-0.1, -0.05) is 12.1 Å². The molecular formula is C21H27FN3O2S+. The van der Waals surface area contributed by atoms with Crippen LogP contribution in [0.4, 0.5) is 4.39 Å². The lowest BCUT2D eigenvalue weighted by atomic mass is 10.0. The van der Waals surface area contributed by atoms with Gasteiger partial charge in [0.2, 0.25) is 0 Å². The maximum atomic E-state index is 13.0. The summed E-state index contributed by atoms with van der Waals surface area (Å²) >= 11 is 5.44. The number of morpholine rings is 1. The Bertz CT molecular complexity index is 749. The van der Waals surface area contributed by atoms with Gasteiger partial charge in [-0.15, -0.1) is 0 Å². The van der Waals surface area contributed by atoms with Crippen molar-refractivity contribution in [3.63, 3.8) is 0 Å². The second kappa shape index (κ2) is 10.4. The van der Waals surface area contributed by atoms with Crippen molar-refractivity contribution in [1.82, 2.24) is 10.6 Å². The van der Waals surface area contributed by atoms with E-state index in [-0.39, 0.29) is 11.9 Å². The summed E-state index contributed by atoms with van der Waals surface area (Å²) in [6.07, 6.45) is 0. The first kappa shape index (κ1) is 20.5. The number of nitrogens with one attached hydrogen (secondary N) is 3. The predicted octanol–water partition coefficient (Wildman–Crippen LogP) is 1.45. The lowest BCUT2D eigenvalue weighted by molar-refractivity contribution is -0.937. The maximum absolute atomic E-state index is 13.0. The van der Waals surface area contributed by atoms with Gasteiger partial charge in [0, 0.05) is 12.1 Å². The molecule has 1 fully saturated rings. The van der Waals surface area contributed by atoms with Crippen molar-refractivity contribution in [2.45, 2.75) is 12.6 Å². The van der Waals surface area contributed by atoms with Gasteiger partial charge >= 0.3 is 0 Å². The zero-order valence-corrected chi connectivity index (χ0v) is 16.9. The molecule has 0 saturated carbocycles. The molecule has 0 unspecified atom stereocenters. The van der Waals surface area contributed by atoms with Crippen LogP contribution in [0.3, 0.4) is 0 Å². The van der Waals surface area contributed by atoms with Crippen LogP contribution in [0.1, 0.15) is 17.2 Å². The molecule has 0 spiro atoms. The quantitative estimate of drug-likeness (QED) is 0.610. The minimum absolute atomic E-state index is 0.236. The normalized spacial score (nSPS) is 15.6. The van der Waals surface area contributed by atoms with Crippen LogP contribution in [0.2, 0.25) is 0 Å². The van der Waals surface area contributed by atoms with Crippen molar-refractivity contribution in [3.05, 3.63) is 65.5 Å². The Hall–Kier alpha value is -2.22. The van der Waals surface area contributed by atoms with Crippen molar-refractivity contribution >= 4 is 17.3 Å². The fourth-order valence-electron chi connectivity index (χ4n) is 3.36. The third-order valence-corrected chi connectivity index (χ3v) is 5.27. The van der Waals surface area contributed by atoms with Gasteiger partial charge in [-0.05, 0) is 54.2 Å². The highest BCUT2D eigenvalue weighted by Gasteiger charge is 2.26. The molecule has 28 heavy (non-hydrogen) atoms. The van der Waals surface area contributed by atoms with E-state index in [1.807, 2.05) is 12.1 Å². The Morgan fingerprint density at radius 2 is 1.79 bits per heavy atom. The summed E-state index contributed by atoms with van der Waals surface area (Å²) in [7, 11) is 1.67. The molecule has 2 aromatic carbocycles. The largest absolute Gasteiger partial charge is 0.497 e. The lowest BCUT2D eigenvalue weighted by Gasteiger charge is -2.32. The van der Waals surface area contributed by atoms with E-state index in [1.165, 1.54) is 22.6 Å². The first-order chi connectivity index (χ1) is 13.7. The molecule has 7 heteroatoms. The second-order valence-electron chi connectivity index (χ2n) is 6.79. The topological polar surface area (TPSA) is 47.0 Å². The highest BCUT2D eigenvalue weighted by atomic mass is 32.1. The fourth-order valence-corrected chi connectivity index (χ4v) is 3.51. The molecule has 150 valence electrons. The Morgan fingerprint density at radius 1 is 1.11 bits per heavy atom. The van der Waals surface area contributed by atoms with Crippen molar-refractivity contribution < 1.29 is 18.8 Å². The monoisotopic (exact) mass is 404 g/mol. The number of ether oxygens (including phenoxy) is 2. The van der Waals surface area contributed by atoms with E-state index in [1.54, 1.807) is 19.2 Å². The number of thiocarbonyl (C=S) groups is 1. The summed E-state index contributed by atoms with van der Waals surface area (Å²) in [6, 6.07) is 14.9. The van der Waals surface area contributed by atoms with Gasteiger partial charge in [0.1, 0.15) is 30.7 Å². The molecule has 1 aliphatic heterocycles. The lowest BCUT2D eigenvalue weighted by Crippen LogP contribution is -3.15. The molecule has 3 rings (SSSR count). The highest BCUT2D eigenvalue weighted by Crippen LogP contribution is 2.16. The van der Waals surface area contributed by atoms with Gasteiger partial charge < -0.3 is 25.0 Å². The summed E-state index contributed by atoms with van der Waals surface area (Å²) in [4.78, 5) is 1.48. The molecule has 0 amide bonds. The van der Waals surface area contributed by atoms with Crippen LogP contribution < -0.4 is 20.3 Å². The maximum Gasteiger partial charge on any atom is 0.166 e. The second-order valence-corrected chi connectivity index (χ2v) is 7.19. The van der Waals surface area contributed by atoms with Crippen LogP contribution >= 0.6 is 12.2 Å². The summed E-state index contributed by atoms with van der Waals surface area (Å²) in [5.41, 5.74) is 2.22. The Morgan fingerprint density at radius 3 is 2.43 bits per heavy atom. The van der Waals surface area contributed by atoms with E-state index < -0.39 is 0 Å². The number of quaternary nitrogens is 1. The molecule has 1 saturated heterocycles. The molecular weight excluding hydrogens is 377 g/mol. The number of hydrogen-bond acceptors (Lipinski definition) is 3. The summed E-state index contributed by atoms with van der Waals surface area (Å²) < 4.78 is 23.8. The standard InChI is InChI=1S/C21H26FN3O2S/c1-26-19-8-4-17(5-9-19)20(25-10-12-27-13-11-25)15-24-21(28)23-14-16-2-6-18(22)7-3-16/h2-9,20H,10-15H2,1H3,(H2,23,24,28)/p+1/t20-/m0/s1. The third kappa shape index (κ3) is 5.89. The molecule has 0 aromatic heterocycles. The number of rotatable bonds is 7. The van der Waals surface area contributed by atoms with Gasteiger partial charge in [-0.25, -0.2) is 4.39 Å². The Balaban J connectivity index is 1.58. The smallest absolute Gasteiger partial charge is 0.166 e. The van der Waals surface area contributed by atoms with Gasteiger partial charge in [0.05, 0.1) is 26.9 Å². The average Bonchev–Trinajstić information content (AvgIpc) is 2.74. The summed E-state index contributed by atoms with van der Waals surface area (Å²) in [5, 5.41) is 7.13. The number of methoxy groups -OCH3 is 1. The van der Waals surface area contributed by atoms with E-state index in [9.17, 15) is 4.39 Å². The van der Waals surface area contributed by atoms with E-state index in [0.29, 0.717) is 11.7 Å². The van der Waals surface area contributed by atoms with Gasteiger partial charge in [0.15, 0.2) is 5.11 Å². The fraction of sp³-hybridized carbons (Fsp3) is 0.381. The number of halogens is 1. The van der Waals surface area contributed by atoms with Crippen LogP contribution in [0, 0.1) is 5.82 Å². The molecule has 0 aliphatic carbocycles. The van der Waals surface area contributed by atoms with E-state index in [4.69, 9.17) is 21.7 Å². The minimum Gasteiger partial charge on any atom is -0.497 e. The van der Waals surface area contributed by atoms with Crippen molar-refractivity contribution in [3.8, 4) is 5.75 Å². The number of hydrogen-bond donors (Lipinski definition) is 3. The third-order valence-electron chi connectivity index (χ3n) is 4.98. The Labute approximate surface area is 170 Å². The first-order valence-electron chi connectivity index (χ1n) is 9.48. The first-order valence-corrected chi connectivity index (χ1v) is 9.89. The van der Waals surface area contributed by atoms with Crippen LogP contribution in [-0.4, -0.2) is 45.1 Å². The van der Waals surface area contributed by atoms with Gasteiger partial charge in [-0.3, -0.25) is 0 Å². The van der Waals surface area contributed by atoms with E-state index in [2.05, 4.69) is 22.8 Å². The van der Waals surface area contributed by atoms with E-state index in [0.717, 1.165) is 44.2 Å². The van der Waals surface area contributed by atoms with Gasteiger partial charge in [-0.2, -0.15) is 0 Å². The molecule has 1 heterocycles. The SMILES string of the molecule is COc1ccc([C@H](CNC(=S)NCc2ccc(F)cc2)[NH+]2CCOCC2)cc1. The van der Waals surface area contributed by atoms with Crippen molar-refractivity contribution in [2.75, 3.05) is 40.0 Å². The average molecular weight is 405 g/mol. The number of benzene rings is 2. The van der Waals surface area contributed by atoms with Crippen molar-refractivity contribution in [1.29, 1.82) is 0 Å². The van der Waals surface area contributed by atoms with Gasteiger partial charge in [0.25, 0.3) is 0 Å². The van der Waals surface area contributed by atoms with E-state index >= 15 is 0 Å². The van der Waals surface area contributed by atoms with Crippen LogP contribution in [0.15, 0.2) is 48.5 Å². The van der Waals surface area contributed by atoms with Crippen LogP contribution in [0.25, 0.3) is 0 Å². The predicted molar refractivity (Wildman–Crippen MR) is 111 cm³/mol. The van der Waals surface area contributed by atoms with Crippen molar-refractivity contribution in [2.24, 2.45) is 0 Å². The summed E-state index contributed by atoms with van der Waals surface area (Å²) in [5.74, 6) is 0.615. The molecule has 0 bridgehead atoms. The minimum atomic E-state index is -0.236. The molecule has 2 aromatic rings.